The Morgan fingerprint density at radius 1 is 1.22 bits per heavy atom. The van der Waals surface area contributed by atoms with Crippen LogP contribution in [0.15, 0.2) is 18.2 Å². The molecule has 2 fully saturated rings. The van der Waals surface area contributed by atoms with Crippen LogP contribution in [0.25, 0.3) is 10.9 Å². The molecule has 0 bridgehead atoms. The minimum atomic E-state index is -0.576. The maximum atomic E-state index is 11.5. The Bertz CT molecular complexity index is 933. The highest BCUT2D eigenvalue weighted by Gasteiger charge is 2.28. The lowest BCUT2D eigenvalue weighted by molar-refractivity contribution is -0.120. The lowest BCUT2D eigenvalue weighted by atomic mass is 10.1. The van der Waals surface area contributed by atoms with E-state index >= 15 is 0 Å². The number of carbonyl (C=O) groups excluding carboxylic acids is 2. The number of H-pyrrole nitrogens is 1. The first-order chi connectivity index (χ1) is 13.1. The molecule has 1 unspecified atom stereocenters. The third-order valence-electron chi connectivity index (χ3n) is 5.06. The summed E-state index contributed by atoms with van der Waals surface area (Å²) >= 11 is 0. The summed E-state index contributed by atoms with van der Waals surface area (Å²) in [7, 11) is 0. The maximum Gasteiger partial charge on any atom is 0.322 e. The van der Waals surface area contributed by atoms with Crippen molar-refractivity contribution in [2.24, 2.45) is 0 Å². The van der Waals surface area contributed by atoms with Gasteiger partial charge in [-0.05, 0) is 24.7 Å². The summed E-state index contributed by atoms with van der Waals surface area (Å²) in [6, 6.07) is 4.90. The van der Waals surface area contributed by atoms with Crippen molar-refractivity contribution in [3.63, 3.8) is 0 Å². The van der Waals surface area contributed by atoms with Gasteiger partial charge in [0, 0.05) is 43.5 Å². The van der Waals surface area contributed by atoms with E-state index in [1.54, 1.807) is 0 Å². The van der Waals surface area contributed by atoms with Gasteiger partial charge < -0.3 is 15.1 Å². The number of carbonyl (C=O) groups is 2. The summed E-state index contributed by atoms with van der Waals surface area (Å²) in [6.07, 6.45) is 0.285. The van der Waals surface area contributed by atoms with Gasteiger partial charge in [0.15, 0.2) is 5.82 Å². The Morgan fingerprint density at radius 2 is 2.04 bits per heavy atom. The van der Waals surface area contributed by atoms with Crippen LogP contribution in [0.4, 0.5) is 10.6 Å². The second kappa shape index (κ2) is 7.29. The van der Waals surface area contributed by atoms with Crippen LogP contribution in [0.5, 0.6) is 0 Å². The number of benzene rings is 1. The Kier molecular flexibility index (Phi) is 4.69. The number of hydrogen-bond donors (Lipinski definition) is 3. The van der Waals surface area contributed by atoms with Crippen molar-refractivity contribution in [1.82, 2.24) is 25.7 Å². The van der Waals surface area contributed by atoms with Crippen molar-refractivity contribution >= 4 is 28.7 Å². The Balaban J connectivity index is 1.50. The van der Waals surface area contributed by atoms with Crippen LogP contribution < -0.4 is 15.5 Å². The molecule has 8 heteroatoms. The molecule has 0 spiro atoms. The van der Waals surface area contributed by atoms with Gasteiger partial charge in [0.2, 0.25) is 0 Å². The van der Waals surface area contributed by atoms with Crippen molar-refractivity contribution in [3.8, 4) is 11.8 Å². The van der Waals surface area contributed by atoms with E-state index < -0.39 is 12.1 Å². The Hall–Kier alpha value is -3.05. The molecule has 3 heterocycles. The second-order valence-corrected chi connectivity index (χ2v) is 6.75. The van der Waals surface area contributed by atoms with E-state index in [1.807, 2.05) is 18.2 Å². The molecule has 2 aliphatic rings. The normalized spacial score (nSPS) is 20.3. The summed E-state index contributed by atoms with van der Waals surface area (Å²) in [4.78, 5) is 27.4. The molecule has 4 rings (SSSR count). The number of aromatic nitrogens is 2. The van der Waals surface area contributed by atoms with Gasteiger partial charge >= 0.3 is 6.03 Å². The number of hydrogen-bond acceptors (Lipinski definition) is 5. The predicted molar refractivity (Wildman–Crippen MR) is 102 cm³/mol. The monoisotopic (exact) mass is 366 g/mol. The number of rotatable bonds is 3. The average molecular weight is 366 g/mol. The molecule has 1 aromatic heterocycles. The topological polar surface area (TPSA) is 93.4 Å². The van der Waals surface area contributed by atoms with Gasteiger partial charge in [-0.25, -0.2) is 4.79 Å². The van der Waals surface area contributed by atoms with Crippen molar-refractivity contribution in [2.75, 3.05) is 37.6 Å². The third-order valence-corrected chi connectivity index (χ3v) is 5.06. The van der Waals surface area contributed by atoms with Crippen LogP contribution >= 0.6 is 0 Å². The van der Waals surface area contributed by atoms with E-state index in [2.05, 4.69) is 49.4 Å². The van der Waals surface area contributed by atoms with Crippen LogP contribution in [0, 0.1) is 11.8 Å². The van der Waals surface area contributed by atoms with Crippen molar-refractivity contribution < 1.29 is 9.59 Å². The molecule has 1 atom stereocenters. The minimum absolute atomic E-state index is 0.285. The van der Waals surface area contributed by atoms with Crippen LogP contribution in [0.1, 0.15) is 18.9 Å². The van der Waals surface area contributed by atoms with Gasteiger partial charge in [-0.15, -0.1) is 0 Å². The zero-order chi connectivity index (χ0) is 18.8. The maximum absolute atomic E-state index is 11.5. The smallest absolute Gasteiger partial charge is 0.322 e. The molecule has 3 N–H and O–H groups in total. The van der Waals surface area contributed by atoms with E-state index in [9.17, 15) is 9.59 Å². The zero-order valence-corrected chi connectivity index (χ0v) is 15.2. The van der Waals surface area contributed by atoms with Crippen LogP contribution in [-0.4, -0.2) is 65.8 Å². The zero-order valence-electron chi connectivity index (χ0n) is 15.2. The highest BCUT2D eigenvalue weighted by atomic mass is 16.2. The van der Waals surface area contributed by atoms with Crippen molar-refractivity contribution in [2.45, 2.75) is 19.4 Å². The van der Waals surface area contributed by atoms with Gasteiger partial charge in [-0.1, -0.05) is 18.8 Å². The largest absolute Gasteiger partial charge is 0.352 e. The van der Waals surface area contributed by atoms with Crippen molar-refractivity contribution in [3.05, 3.63) is 23.8 Å². The second-order valence-electron chi connectivity index (χ2n) is 6.75. The quantitative estimate of drug-likeness (QED) is 0.548. The van der Waals surface area contributed by atoms with Gasteiger partial charge in [-0.2, -0.15) is 5.10 Å². The fourth-order valence-electron chi connectivity index (χ4n) is 3.45. The van der Waals surface area contributed by atoms with Crippen molar-refractivity contribution in [1.29, 1.82) is 0 Å². The summed E-state index contributed by atoms with van der Waals surface area (Å²) in [5.74, 6) is 6.71. The van der Waals surface area contributed by atoms with E-state index in [0.29, 0.717) is 0 Å². The highest BCUT2D eigenvalue weighted by Crippen LogP contribution is 2.25. The average Bonchev–Trinajstić information content (AvgIpc) is 3.24. The highest BCUT2D eigenvalue weighted by molar-refractivity contribution is 6.04. The number of likely N-dealkylation sites (N-methyl/N-ethyl adjacent to an activating group) is 1. The fourth-order valence-corrected chi connectivity index (χ4v) is 3.45. The first-order valence-corrected chi connectivity index (χ1v) is 9.19. The van der Waals surface area contributed by atoms with Gasteiger partial charge in [0.1, 0.15) is 6.04 Å². The molecule has 2 aromatic rings. The summed E-state index contributed by atoms with van der Waals surface area (Å²) in [5.41, 5.74) is 1.85. The van der Waals surface area contributed by atoms with E-state index in [0.717, 1.165) is 55.0 Å². The van der Waals surface area contributed by atoms with Gasteiger partial charge in [0.25, 0.3) is 5.91 Å². The van der Waals surface area contributed by atoms with Crippen LogP contribution in [0.3, 0.4) is 0 Å². The Morgan fingerprint density at radius 3 is 2.74 bits per heavy atom. The lowest BCUT2D eigenvalue weighted by Crippen LogP contribution is -2.46. The van der Waals surface area contributed by atoms with Crippen LogP contribution in [-0.2, 0) is 4.79 Å². The Labute approximate surface area is 157 Å². The number of amides is 3. The molecule has 27 heavy (non-hydrogen) atoms. The summed E-state index contributed by atoms with van der Waals surface area (Å²) < 4.78 is 0. The number of nitrogens with zero attached hydrogens (tertiary/aromatic N) is 3. The molecule has 0 aliphatic carbocycles. The van der Waals surface area contributed by atoms with E-state index in [-0.39, 0.29) is 12.3 Å². The molecule has 2 aliphatic heterocycles. The third kappa shape index (κ3) is 3.59. The number of piperazine rings is 1. The number of fused-ring (bicyclic) bond motifs is 1. The SMILES string of the molecule is CCN1CCN(c2n[nH]c3ccc(C#CCC4NC(=O)NC4=O)cc23)CC1. The molecular weight excluding hydrogens is 344 g/mol. The summed E-state index contributed by atoms with van der Waals surface area (Å²) in [5, 5.41) is 13.4. The predicted octanol–water partition coefficient (Wildman–Crippen LogP) is 0.654. The number of urea groups is 1. The van der Waals surface area contributed by atoms with E-state index in [4.69, 9.17) is 0 Å². The molecule has 3 amide bonds. The minimum Gasteiger partial charge on any atom is -0.352 e. The molecule has 8 nitrogen and oxygen atoms in total. The first kappa shape index (κ1) is 17.4. The van der Waals surface area contributed by atoms with E-state index in [1.165, 1.54) is 0 Å². The standard InChI is InChI=1S/C19H22N6O2/c1-2-24-8-10-25(11-9-24)17-14-12-13(6-7-15(14)22-23-17)4-3-5-16-18(26)21-19(27)20-16/h6-7,12,16H,2,5,8-11H2,1H3,(H,22,23)(H2,20,21,26,27). The lowest BCUT2D eigenvalue weighted by Gasteiger charge is -2.34. The number of imide groups is 1. The number of anilines is 1. The molecule has 2 saturated heterocycles. The molecule has 140 valence electrons. The van der Waals surface area contributed by atoms with Gasteiger partial charge in [0.05, 0.1) is 5.52 Å². The van der Waals surface area contributed by atoms with Crippen LogP contribution in [0.2, 0.25) is 0 Å². The van der Waals surface area contributed by atoms with Gasteiger partial charge in [-0.3, -0.25) is 15.2 Å². The summed E-state index contributed by atoms with van der Waals surface area (Å²) in [6.45, 7) is 7.26. The number of nitrogens with one attached hydrogen (secondary N) is 3. The molecule has 0 radical (unpaired) electrons. The molecular formula is C19H22N6O2. The number of aromatic amines is 1. The first-order valence-electron chi connectivity index (χ1n) is 9.19. The molecule has 0 saturated carbocycles. The molecule has 1 aromatic carbocycles. The fraction of sp³-hybridized carbons (Fsp3) is 0.421.